The highest BCUT2D eigenvalue weighted by Crippen LogP contribution is 2.39. The average molecular weight is 191 g/mol. The maximum Gasteiger partial charge on any atom is 0.148 e. The highest BCUT2D eigenvalue weighted by Gasteiger charge is 2.27. The minimum Gasteiger partial charge on any atom is -0.319 e. The lowest BCUT2D eigenvalue weighted by atomic mass is 10.1. The number of nitrogens with zero attached hydrogens (tertiary/aromatic N) is 2. The van der Waals surface area contributed by atoms with Gasteiger partial charge in [-0.3, -0.25) is 0 Å². The largest absolute Gasteiger partial charge is 0.319 e. The van der Waals surface area contributed by atoms with E-state index in [1.165, 1.54) is 18.5 Å². The molecule has 14 heavy (non-hydrogen) atoms. The first-order chi connectivity index (χ1) is 6.47. The Kier molecular flexibility index (Phi) is 2.07. The van der Waals surface area contributed by atoms with Gasteiger partial charge < -0.3 is 5.73 Å². The summed E-state index contributed by atoms with van der Waals surface area (Å²) in [6.07, 6.45) is 2.53. The molecule has 3 heteroatoms. The second kappa shape index (κ2) is 3.02. The summed E-state index contributed by atoms with van der Waals surface area (Å²) in [7, 11) is 0. The van der Waals surface area contributed by atoms with E-state index in [4.69, 9.17) is 5.73 Å². The summed E-state index contributed by atoms with van der Waals surface area (Å²) in [6, 6.07) is 2.08. The lowest BCUT2D eigenvalue weighted by Gasteiger charge is -2.17. The zero-order valence-electron chi connectivity index (χ0n) is 9.04. The van der Waals surface area contributed by atoms with Gasteiger partial charge in [-0.2, -0.15) is 0 Å². The van der Waals surface area contributed by atoms with Crippen molar-refractivity contribution in [2.24, 2.45) is 5.73 Å². The van der Waals surface area contributed by atoms with Crippen molar-refractivity contribution in [1.29, 1.82) is 0 Å². The highest BCUT2D eigenvalue weighted by molar-refractivity contribution is 5.20. The van der Waals surface area contributed by atoms with Crippen LogP contribution in [-0.2, 0) is 5.54 Å². The van der Waals surface area contributed by atoms with Crippen molar-refractivity contribution < 1.29 is 0 Å². The molecule has 1 fully saturated rings. The van der Waals surface area contributed by atoms with Gasteiger partial charge in [0.25, 0.3) is 0 Å². The molecule has 1 aromatic rings. The van der Waals surface area contributed by atoms with E-state index in [-0.39, 0.29) is 0 Å². The van der Waals surface area contributed by atoms with Gasteiger partial charge in [-0.05, 0) is 39.7 Å². The third kappa shape index (κ3) is 1.93. The van der Waals surface area contributed by atoms with E-state index in [1.807, 2.05) is 20.8 Å². The smallest absolute Gasteiger partial charge is 0.148 e. The molecule has 0 amide bonds. The minimum absolute atomic E-state index is 0.435. The fourth-order valence-corrected chi connectivity index (χ4v) is 1.47. The Morgan fingerprint density at radius 3 is 2.50 bits per heavy atom. The van der Waals surface area contributed by atoms with Crippen molar-refractivity contribution in [1.82, 2.24) is 9.97 Å². The summed E-state index contributed by atoms with van der Waals surface area (Å²) in [6.45, 7) is 5.89. The second-order valence-electron chi connectivity index (χ2n) is 4.75. The zero-order valence-corrected chi connectivity index (χ0v) is 9.04. The molecular weight excluding hydrogens is 174 g/mol. The monoisotopic (exact) mass is 191 g/mol. The van der Waals surface area contributed by atoms with Crippen LogP contribution in [0.1, 0.15) is 49.8 Å². The number of aromatic nitrogens is 2. The van der Waals surface area contributed by atoms with E-state index in [2.05, 4.69) is 16.0 Å². The van der Waals surface area contributed by atoms with Gasteiger partial charge in [0.15, 0.2) is 0 Å². The van der Waals surface area contributed by atoms with E-state index in [9.17, 15) is 0 Å². The van der Waals surface area contributed by atoms with Crippen molar-refractivity contribution in [2.75, 3.05) is 0 Å². The van der Waals surface area contributed by atoms with Crippen LogP contribution in [0.3, 0.4) is 0 Å². The molecule has 0 atom stereocenters. The molecule has 1 aromatic heterocycles. The van der Waals surface area contributed by atoms with E-state index in [0.717, 1.165) is 11.5 Å². The van der Waals surface area contributed by atoms with Crippen LogP contribution in [0.4, 0.5) is 0 Å². The molecule has 0 bridgehead atoms. The van der Waals surface area contributed by atoms with E-state index in [1.54, 1.807) is 0 Å². The van der Waals surface area contributed by atoms with Gasteiger partial charge in [-0.1, -0.05) is 0 Å². The van der Waals surface area contributed by atoms with Gasteiger partial charge in [-0.25, -0.2) is 9.97 Å². The Balaban J connectivity index is 2.41. The summed E-state index contributed by atoms with van der Waals surface area (Å²) in [5.74, 6) is 1.43. The quantitative estimate of drug-likeness (QED) is 0.776. The molecule has 1 saturated carbocycles. The van der Waals surface area contributed by atoms with Gasteiger partial charge in [0.2, 0.25) is 0 Å². The fraction of sp³-hybridized carbons (Fsp3) is 0.636. The number of hydrogen-bond donors (Lipinski definition) is 1. The molecule has 1 heterocycles. The third-order valence-electron chi connectivity index (χ3n) is 2.45. The fourth-order valence-electron chi connectivity index (χ4n) is 1.47. The Morgan fingerprint density at radius 2 is 2.00 bits per heavy atom. The van der Waals surface area contributed by atoms with Crippen molar-refractivity contribution in [3.05, 3.63) is 23.3 Å². The molecular formula is C11H17N3. The van der Waals surface area contributed by atoms with Crippen LogP contribution in [0.2, 0.25) is 0 Å². The van der Waals surface area contributed by atoms with E-state index in [0.29, 0.717) is 5.92 Å². The molecule has 1 aliphatic rings. The summed E-state index contributed by atoms with van der Waals surface area (Å²) < 4.78 is 0. The number of hydrogen-bond acceptors (Lipinski definition) is 3. The Bertz CT molecular complexity index is 348. The Hall–Kier alpha value is -0.960. The molecule has 0 saturated heterocycles. The SMILES string of the molecule is Cc1cc(C2CC2)nc(C(C)(C)N)n1. The minimum atomic E-state index is -0.435. The van der Waals surface area contributed by atoms with Crippen molar-refractivity contribution in [2.45, 2.75) is 45.1 Å². The normalized spacial score (nSPS) is 17.1. The molecule has 0 radical (unpaired) electrons. The predicted molar refractivity (Wildman–Crippen MR) is 56.0 cm³/mol. The first-order valence-electron chi connectivity index (χ1n) is 5.12. The summed E-state index contributed by atoms with van der Waals surface area (Å²) in [5.41, 5.74) is 7.75. The lowest BCUT2D eigenvalue weighted by Crippen LogP contribution is -2.31. The van der Waals surface area contributed by atoms with Crippen molar-refractivity contribution in [3.63, 3.8) is 0 Å². The third-order valence-corrected chi connectivity index (χ3v) is 2.45. The number of nitrogens with two attached hydrogens (primary N) is 1. The zero-order chi connectivity index (χ0) is 10.3. The molecule has 2 N–H and O–H groups in total. The van der Waals surface area contributed by atoms with Gasteiger partial charge in [0, 0.05) is 17.3 Å². The van der Waals surface area contributed by atoms with Crippen LogP contribution in [0.25, 0.3) is 0 Å². The van der Waals surface area contributed by atoms with Gasteiger partial charge in [0.05, 0.1) is 5.54 Å². The van der Waals surface area contributed by atoms with Gasteiger partial charge >= 0.3 is 0 Å². The lowest BCUT2D eigenvalue weighted by molar-refractivity contribution is 0.508. The van der Waals surface area contributed by atoms with Crippen LogP contribution >= 0.6 is 0 Å². The summed E-state index contributed by atoms with van der Waals surface area (Å²) in [5, 5.41) is 0. The molecule has 3 nitrogen and oxygen atoms in total. The van der Waals surface area contributed by atoms with Crippen molar-refractivity contribution in [3.8, 4) is 0 Å². The molecule has 76 valence electrons. The topological polar surface area (TPSA) is 51.8 Å². The van der Waals surface area contributed by atoms with E-state index < -0.39 is 5.54 Å². The first-order valence-corrected chi connectivity index (χ1v) is 5.12. The average Bonchev–Trinajstić information content (AvgIpc) is 2.83. The van der Waals surface area contributed by atoms with Crippen LogP contribution in [0.5, 0.6) is 0 Å². The summed E-state index contributed by atoms with van der Waals surface area (Å²) >= 11 is 0. The number of aryl methyl sites for hydroxylation is 1. The molecule has 0 aliphatic heterocycles. The molecule has 0 unspecified atom stereocenters. The van der Waals surface area contributed by atoms with Crippen LogP contribution in [0, 0.1) is 6.92 Å². The van der Waals surface area contributed by atoms with Crippen LogP contribution in [-0.4, -0.2) is 9.97 Å². The molecule has 0 spiro atoms. The van der Waals surface area contributed by atoms with Crippen LogP contribution in [0.15, 0.2) is 6.07 Å². The Labute approximate surface area is 84.8 Å². The summed E-state index contributed by atoms with van der Waals surface area (Å²) in [4.78, 5) is 8.91. The molecule has 0 aromatic carbocycles. The number of rotatable bonds is 2. The highest BCUT2D eigenvalue weighted by atomic mass is 15.0. The standard InChI is InChI=1S/C11H17N3/c1-7-6-9(8-4-5-8)14-10(13-7)11(2,3)12/h6,8H,4-5,12H2,1-3H3. The maximum absolute atomic E-state index is 5.99. The van der Waals surface area contributed by atoms with E-state index >= 15 is 0 Å². The van der Waals surface area contributed by atoms with Gasteiger partial charge in [0.1, 0.15) is 5.82 Å². The van der Waals surface area contributed by atoms with Crippen molar-refractivity contribution >= 4 is 0 Å². The molecule has 2 rings (SSSR count). The molecule has 1 aliphatic carbocycles. The second-order valence-corrected chi connectivity index (χ2v) is 4.75. The predicted octanol–water partition coefficient (Wildman–Crippen LogP) is 1.86. The maximum atomic E-state index is 5.99. The Morgan fingerprint density at radius 1 is 1.36 bits per heavy atom. The van der Waals surface area contributed by atoms with Crippen LogP contribution < -0.4 is 5.73 Å². The first kappa shape index (κ1) is 9.59. The van der Waals surface area contributed by atoms with Gasteiger partial charge in [-0.15, -0.1) is 0 Å².